The van der Waals surface area contributed by atoms with Gasteiger partial charge in [0.1, 0.15) is 3.70 Å². The van der Waals surface area contributed by atoms with E-state index in [1.54, 1.807) is 0 Å². The zero-order valence-corrected chi connectivity index (χ0v) is 11.9. The molecule has 2 nitrogen and oxygen atoms in total. The summed E-state index contributed by atoms with van der Waals surface area (Å²) in [5.41, 5.74) is 2.92. The van der Waals surface area contributed by atoms with Crippen molar-refractivity contribution in [2.45, 2.75) is 38.6 Å². The van der Waals surface area contributed by atoms with E-state index < -0.39 is 0 Å². The lowest BCUT2D eigenvalue weighted by Gasteiger charge is -2.12. The number of aromatic nitrogens is 2. The molecule has 0 aliphatic heterocycles. The van der Waals surface area contributed by atoms with Gasteiger partial charge < -0.3 is 0 Å². The molecule has 3 heteroatoms. The number of allylic oxidation sites excluding steroid dienone is 1. The van der Waals surface area contributed by atoms with Crippen LogP contribution in [0.2, 0.25) is 0 Å². The second-order valence-corrected chi connectivity index (χ2v) is 6.55. The standard InChI is InChI=1S/C13H17IN2/c1-7(2)16-11(6-12(14)15-16)13-9-4-8(3)5-10(9)13/h6-7,9-10,13H,3-5H2,1-2H3/t9-,10+,13+. The van der Waals surface area contributed by atoms with Crippen molar-refractivity contribution in [3.8, 4) is 0 Å². The third-order valence-corrected chi connectivity index (χ3v) is 4.47. The number of rotatable bonds is 2. The van der Waals surface area contributed by atoms with Gasteiger partial charge in [0.05, 0.1) is 0 Å². The molecule has 2 aliphatic rings. The highest BCUT2D eigenvalue weighted by atomic mass is 127. The van der Waals surface area contributed by atoms with Crippen LogP contribution < -0.4 is 0 Å². The van der Waals surface area contributed by atoms with Crippen LogP contribution in [0.3, 0.4) is 0 Å². The Morgan fingerprint density at radius 1 is 1.44 bits per heavy atom. The second kappa shape index (κ2) is 3.59. The molecule has 0 aromatic carbocycles. The third kappa shape index (κ3) is 1.55. The van der Waals surface area contributed by atoms with Gasteiger partial charge in [0.2, 0.25) is 0 Å². The average Bonchev–Trinajstić information content (AvgIpc) is 2.60. The molecule has 3 rings (SSSR count). The van der Waals surface area contributed by atoms with Gasteiger partial charge in [-0.25, -0.2) is 0 Å². The summed E-state index contributed by atoms with van der Waals surface area (Å²) in [6, 6.07) is 2.75. The minimum absolute atomic E-state index is 0.475. The largest absolute Gasteiger partial charge is 0.266 e. The van der Waals surface area contributed by atoms with Crippen LogP contribution in [0.15, 0.2) is 18.2 Å². The summed E-state index contributed by atoms with van der Waals surface area (Å²) in [5.74, 6) is 2.51. The highest BCUT2D eigenvalue weighted by Crippen LogP contribution is 2.64. The van der Waals surface area contributed by atoms with Crippen molar-refractivity contribution in [2.75, 3.05) is 0 Å². The first-order valence-electron chi connectivity index (χ1n) is 5.99. The third-order valence-electron chi connectivity index (χ3n) is 3.95. The summed E-state index contributed by atoms with van der Waals surface area (Å²) in [6.07, 6.45) is 2.49. The lowest BCUT2D eigenvalue weighted by atomic mass is 10.1. The van der Waals surface area contributed by atoms with Gasteiger partial charge in [-0.1, -0.05) is 12.2 Å². The predicted molar refractivity (Wildman–Crippen MR) is 73.4 cm³/mol. The van der Waals surface area contributed by atoms with E-state index in [4.69, 9.17) is 0 Å². The molecule has 0 bridgehead atoms. The number of nitrogens with zero attached hydrogens (tertiary/aromatic N) is 2. The Bertz CT molecular complexity index is 433. The summed E-state index contributed by atoms with van der Waals surface area (Å²) in [6.45, 7) is 8.53. The first-order valence-corrected chi connectivity index (χ1v) is 7.07. The van der Waals surface area contributed by atoms with E-state index in [1.807, 2.05) is 0 Å². The van der Waals surface area contributed by atoms with Crippen molar-refractivity contribution in [3.05, 3.63) is 27.6 Å². The maximum Gasteiger partial charge on any atom is 0.123 e. The van der Waals surface area contributed by atoms with Crippen molar-refractivity contribution in [1.29, 1.82) is 0 Å². The Kier molecular flexibility index (Phi) is 2.42. The van der Waals surface area contributed by atoms with Crippen LogP contribution in [0.1, 0.15) is 44.3 Å². The molecule has 1 heterocycles. The number of halogens is 1. The molecule has 1 aromatic rings. The molecule has 0 spiro atoms. The Hall–Kier alpha value is -0.320. The quantitative estimate of drug-likeness (QED) is 0.597. The lowest BCUT2D eigenvalue weighted by Crippen LogP contribution is -2.08. The molecular formula is C13H17IN2. The van der Waals surface area contributed by atoms with Crippen LogP contribution in [0.4, 0.5) is 0 Å². The molecule has 0 saturated heterocycles. The van der Waals surface area contributed by atoms with Gasteiger partial charge in [-0.05, 0) is 67.2 Å². The van der Waals surface area contributed by atoms with Gasteiger partial charge in [0, 0.05) is 17.7 Å². The minimum Gasteiger partial charge on any atom is -0.266 e. The van der Waals surface area contributed by atoms with Gasteiger partial charge in [-0.2, -0.15) is 5.10 Å². The van der Waals surface area contributed by atoms with E-state index in [2.05, 4.69) is 58.9 Å². The second-order valence-electron chi connectivity index (χ2n) is 5.44. The van der Waals surface area contributed by atoms with Crippen molar-refractivity contribution >= 4 is 22.6 Å². The number of fused-ring (bicyclic) bond motifs is 1. The summed E-state index contributed by atoms with van der Waals surface area (Å²) in [5, 5.41) is 4.60. The molecule has 0 amide bonds. The fourth-order valence-electron chi connectivity index (χ4n) is 3.23. The normalized spacial score (nSPS) is 32.2. The van der Waals surface area contributed by atoms with E-state index in [-0.39, 0.29) is 0 Å². The van der Waals surface area contributed by atoms with Crippen molar-refractivity contribution in [2.24, 2.45) is 11.8 Å². The maximum absolute atomic E-state index is 4.60. The SMILES string of the molecule is C=C1C[C@@H]2[C@H](C1)[C@H]2c1cc(I)nn1C(C)C. The highest BCUT2D eigenvalue weighted by molar-refractivity contribution is 14.1. The summed E-state index contributed by atoms with van der Waals surface area (Å²) >= 11 is 2.32. The number of hydrogen-bond donors (Lipinski definition) is 0. The van der Waals surface area contributed by atoms with Gasteiger partial charge in [0.25, 0.3) is 0 Å². The smallest absolute Gasteiger partial charge is 0.123 e. The van der Waals surface area contributed by atoms with Crippen LogP contribution >= 0.6 is 22.6 Å². The van der Waals surface area contributed by atoms with Crippen LogP contribution in [-0.4, -0.2) is 9.78 Å². The Labute approximate surface area is 110 Å². The molecule has 16 heavy (non-hydrogen) atoms. The van der Waals surface area contributed by atoms with Crippen molar-refractivity contribution < 1.29 is 0 Å². The van der Waals surface area contributed by atoms with Gasteiger partial charge in [-0.3, -0.25) is 4.68 Å². The van der Waals surface area contributed by atoms with Crippen LogP contribution in [0, 0.1) is 15.5 Å². The summed E-state index contributed by atoms with van der Waals surface area (Å²) < 4.78 is 3.35. The predicted octanol–water partition coefficient (Wildman–Crippen LogP) is 3.75. The van der Waals surface area contributed by atoms with Crippen LogP contribution in [0.5, 0.6) is 0 Å². The zero-order chi connectivity index (χ0) is 11.4. The molecule has 3 atom stereocenters. The maximum atomic E-state index is 4.60. The summed E-state index contributed by atoms with van der Waals surface area (Å²) in [4.78, 5) is 0. The molecule has 0 N–H and O–H groups in total. The molecule has 0 radical (unpaired) electrons. The Morgan fingerprint density at radius 3 is 2.62 bits per heavy atom. The fourth-order valence-corrected chi connectivity index (χ4v) is 3.78. The van der Waals surface area contributed by atoms with E-state index in [0.29, 0.717) is 6.04 Å². The molecule has 2 fully saturated rings. The monoisotopic (exact) mass is 328 g/mol. The van der Waals surface area contributed by atoms with E-state index >= 15 is 0 Å². The first kappa shape index (κ1) is 10.8. The Morgan fingerprint density at radius 2 is 2.06 bits per heavy atom. The molecule has 2 aliphatic carbocycles. The van der Waals surface area contributed by atoms with Crippen molar-refractivity contribution in [1.82, 2.24) is 9.78 Å². The molecular weight excluding hydrogens is 311 g/mol. The van der Waals surface area contributed by atoms with E-state index in [0.717, 1.165) is 21.5 Å². The van der Waals surface area contributed by atoms with Gasteiger partial charge in [0.15, 0.2) is 0 Å². The highest BCUT2D eigenvalue weighted by Gasteiger charge is 2.55. The van der Waals surface area contributed by atoms with Crippen molar-refractivity contribution in [3.63, 3.8) is 0 Å². The van der Waals surface area contributed by atoms with E-state index in [1.165, 1.54) is 24.1 Å². The van der Waals surface area contributed by atoms with E-state index in [9.17, 15) is 0 Å². The van der Waals surface area contributed by atoms with Gasteiger partial charge >= 0.3 is 0 Å². The molecule has 0 unspecified atom stereocenters. The number of hydrogen-bond acceptors (Lipinski definition) is 1. The van der Waals surface area contributed by atoms with Gasteiger partial charge in [-0.15, -0.1) is 0 Å². The average molecular weight is 328 g/mol. The van der Waals surface area contributed by atoms with Crippen LogP contribution in [0.25, 0.3) is 0 Å². The zero-order valence-electron chi connectivity index (χ0n) is 9.78. The fraction of sp³-hybridized carbons (Fsp3) is 0.615. The lowest BCUT2D eigenvalue weighted by molar-refractivity contribution is 0.499. The molecule has 86 valence electrons. The molecule has 2 saturated carbocycles. The minimum atomic E-state index is 0.475. The first-order chi connectivity index (χ1) is 7.58. The Balaban J connectivity index is 1.89. The summed E-state index contributed by atoms with van der Waals surface area (Å²) in [7, 11) is 0. The topological polar surface area (TPSA) is 17.8 Å². The molecule has 1 aromatic heterocycles. The van der Waals surface area contributed by atoms with Crippen LogP contribution in [-0.2, 0) is 0 Å².